The number of aliphatic hydroxyl groups excluding tert-OH is 1. The highest BCUT2D eigenvalue weighted by atomic mass is 16.3. The minimum absolute atomic E-state index is 0.000880. The molecule has 1 N–H and O–H groups in total. The number of hydrogen-bond donors (Lipinski definition) is 1. The van der Waals surface area contributed by atoms with Gasteiger partial charge < -0.3 is 5.11 Å². The molecule has 0 bridgehead atoms. The van der Waals surface area contributed by atoms with Crippen LogP contribution in [0.15, 0.2) is 0 Å². The van der Waals surface area contributed by atoms with E-state index in [4.69, 9.17) is 0 Å². The van der Waals surface area contributed by atoms with Crippen LogP contribution in [0.25, 0.3) is 0 Å². The van der Waals surface area contributed by atoms with Gasteiger partial charge in [-0.2, -0.15) is 0 Å². The van der Waals surface area contributed by atoms with Crippen LogP contribution in [0.1, 0.15) is 46.0 Å². The molecule has 0 aliphatic rings. The summed E-state index contributed by atoms with van der Waals surface area (Å²) >= 11 is 0. The largest absolute Gasteiger partial charge is 0.385 e. The summed E-state index contributed by atoms with van der Waals surface area (Å²) in [4.78, 5) is 11.0. The molecule has 0 fully saturated rings. The fourth-order valence-corrected chi connectivity index (χ4v) is 0.971. The van der Waals surface area contributed by atoms with Crippen molar-refractivity contribution >= 4 is 5.78 Å². The van der Waals surface area contributed by atoms with Gasteiger partial charge in [0.15, 0.2) is 5.78 Å². The Labute approximate surface area is 68.6 Å². The highest BCUT2D eigenvalue weighted by Gasteiger charge is 2.11. The number of carbonyl (C=O) groups excluding carboxylic acids is 1. The Hall–Kier alpha value is -0.370. The predicted octanol–water partition coefficient (Wildman–Crippen LogP) is 1.91. The van der Waals surface area contributed by atoms with Crippen LogP contribution in [0.4, 0.5) is 0 Å². The molecular weight excluding hydrogens is 140 g/mol. The summed E-state index contributed by atoms with van der Waals surface area (Å²) in [6.07, 6.45) is 3.27. The van der Waals surface area contributed by atoms with Crippen molar-refractivity contribution < 1.29 is 9.90 Å². The zero-order valence-electron chi connectivity index (χ0n) is 7.47. The molecule has 0 rings (SSSR count). The van der Waals surface area contributed by atoms with E-state index < -0.39 is 6.10 Å². The second kappa shape index (κ2) is 6.35. The Morgan fingerprint density at radius 1 is 1.36 bits per heavy atom. The van der Waals surface area contributed by atoms with Gasteiger partial charge >= 0.3 is 0 Å². The quantitative estimate of drug-likeness (QED) is 0.641. The molecular formula is C9H18O2. The van der Waals surface area contributed by atoms with Crippen LogP contribution in [0, 0.1) is 0 Å². The maximum absolute atomic E-state index is 11.0. The predicted molar refractivity (Wildman–Crippen MR) is 45.4 cm³/mol. The van der Waals surface area contributed by atoms with Crippen molar-refractivity contribution in [1.29, 1.82) is 0 Å². The minimum atomic E-state index is -0.699. The van der Waals surface area contributed by atoms with Gasteiger partial charge in [-0.05, 0) is 12.8 Å². The lowest BCUT2D eigenvalue weighted by Crippen LogP contribution is -2.19. The summed E-state index contributed by atoms with van der Waals surface area (Å²) in [5, 5.41) is 9.23. The number of aliphatic hydroxyl groups is 1. The molecule has 2 heteroatoms. The van der Waals surface area contributed by atoms with Crippen LogP contribution in [-0.2, 0) is 4.79 Å². The third kappa shape index (κ3) is 4.96. The van der Waals surface area contributed by atoms with Gasteiger partial charge in [-0.1, -0.05) is 26.7 Å². The molecule has 0 spiro atoms. The summed E-state index contributed by atoms with van der Waals surface area (Å²) < 4.78 is 0. The van der Waals surface area contributed by atoms with Crippen molar-refractivity contribution in [2.45, 2.75) is 52.1 Å². The molecule has 1 atom stereocenters. The van der Waals surface area contributed by atoms with E-state index in [9.17, 15) is 9.90 Å². The molecule has 0 aliphatic carbocycles. The van der Waals surface area contributed by atoms with Crippen LogP contribution in [0.3, 0.4) is 0 Å². The first-order chi connectivity index (χ1) is 5.22. The fraction of sp³-hybridized carbons (Fsp3) is 0.889. The molecule has 2 nitrogen and oxygen atoms in total. The van der Waals surface area contributed by atoms with Gasteiger partial charge in [0.05, 0.1) is 0 Å². The van der Waals surface area contributed by atoms with E-state index in [2.05, 4.69) is 6.92 Å². The zero-order chi connectivity index (χ0) is 8.69. The van der Waals surface area contributed by atoms with Crippen molar-refractivity contribution in [2.24, 2.45) is 0 Å². The smallest absolute Gasteiger partial charge is 0.161 e. The van der Waals surface area contributed by atoms with Gasteiger partial charge in [0.2, 0.25) is 0 Å². The Bertz CT molecular complexity index is 110. The summed E-state index contributed by atoms with van der Waals surface area (Å²) in [6, 6.07) is 0. The summed E-state index contributed by atoms with van der Waals surface area (Å²) in [5.74, 6) is 0.000880. The molecule has 0 aromatic carbocycles. The molecule has 0 aromatic heterocycles. The monoisotopic (exact) mass is 158 g/mol. The van der Waals surface area contributed by atoms with Crippen LogP contribution < -0.4 is 0 Å². The van der Waals surface area contributed by atoms with Gasteiger partial charge in [0, 0.05) is 6.42 Å². The standard InChI is InChI=1S/C9H18O2/c1-3-5-7-9(11)8(10)6-4-2/h9,11H,3-7H2,1-2H3/t9-/m0/s1. The molecule has 11 heavy (non-hydrogen) atoms. The van der Waals surface area contributed by atoms with Gasteiger partial charge in [-0.25, -0.2) is 0 Å². The van der Waals surface area contributed by atoms with Gasteiger partial charge in [-0.15, -0.1) is 0 Å². The lowest BCUT2D eigenvalue weighted by Gasteiger charge is -2.06. The summed E-state index contributed by atoms with van der Waals surface area (Å²) in [6.45, 7) is 4.00. The van der Waals surface area contributed by atoms with Crippen molar-refractivity contribution in [2.75, 3.05) is 0 Å². The van der Waals surface area contributed by atoms with Crippen LogP contribution in [-0.4, -0.2) is 17.0 Å². The highest BCUT2D eigenvalue weighted by Crippen LogP contribution is 2.04. The molecule has 0 aliphatic heterocycles. The second-order valence-corrected chi connectivity index (χ2v) is 2.87. The maximum atomic E-state index is 11.0. The first-order valence-corrected chi connectivity index (χ1v) is 4.43. The number of carbonyl (C=O) groups is 1. The molecule has 0 unspecified atom stereocenters. The van der Waals surface area contributed by atoms with E-state index in [1.807, 2.05) is 6.92 Å². The number of unbranched alkanes of at least 4 members (excludes halogenated alkanes) is 1. The zero-order valence-corrected chi connectivity index (χ0v) is 7.47. The minimum Gasteiger partial charge on any atom is -0.385 e. The third-order valence-corrected chi connectivity index (χ3v) is 1.70. The van der Waals surface area contributed by atoms with Crippen LogP contribution in [0.2, 0.25) is 0 Å². The van der Waals surface area contributed by atoms with E-state index in [0.717, 1.165) is 19.3 Å². The van der Waals surface area contributed by atoms with Crippen LogP contribution in [0.5, 0.6) is 0 Å². The number of hydrogen-bond acceptors (Lipinski definition) is 2. The lowest BCUT2D eigenvalue weighted by molar-refractivity contribution is -0.127. The first kappa shape index (κ1) is 10.6. The van der Waals surface area contributed by atoms with E-state index in [1.54, 1.807) is 0 Å². The van der Waals surface area contributed by atoms with E-state index >= 15 is 0 Å². The normalized spacial score (nSPS) is 13.0. The van der Waals surface area contributed by atoms with E-state index in [1.165, 1.54) is 0 Å². The average Bonchev–Trinajstić information content (AvgIpc) is 2.00. The third-order valence-electron chi connectivity index (χ3n) is 1.70. The first-order valence-electron chi connectivity index (χ1n) is 4.43. The Kier molecular flexibility index (Phi) is 6.13. The number of Topliss-reactive ketones (excluding diaryl/α,β-unsaturated/α-hetero) is 1. The molecule has 0 saturated heterocycles. The van der Waals surface area contributed by atoms with Gasteiger partial charge in [-0.3, -0.25) is 4.79 Å². The topological polar surface area (TPSA) is 37.3 Å². The fourth-order valence-electron chi connectivity index (χ4n) is 0.971. The highest BCUT2D eigenvalue weighted by molar-refractivity contribution is 5.82. The molecule has 0 aromatic rings. The van der Waals surface area contributed by atoms with Crippen molar-refractivity contribution in [3.05, 3.63) is 0 Å². The Balaban J connectivity index is 3.46. The summed E-state index contributed by atoms with van der Waals surface area (Å²) in [7, 11) is 0. The second-order valence-electron chi connectivity index (χ2n) is 2.87. The lowest BCUT2D eigenvalue weighted by atomic mass is 10.1. The van der Waals surface area contributed by atoms with Crippen molar-refractivity contribution in [3.63, 3.8) is 0 Å². The average molecular weight is 158 g/mol. The van der Waals surface area contributed by atoms with Crippen molar-refractivity contribution in [1.82, 2.24) is 0 Å². The number of rotatable bonds is 6. The summed E-state index contributed by atoms with van der Waals surface area (Å²) in [5.41, 5.74) is 0. The Morgan fingerprint density at radius 3 is 2.45 bits per heavy atom. The Morgan fingerprint density at radius 2 is 2.00 bits per heavy atom. The molecule has 66 valence electrons. The number of ketones is 1. The molecule has 0 radical (unpaired) electrons. The van der Waals surface area contributed by atoms with Gasteiger partial charge in [0.1, 0.15) is 6.10 Å². The van der Waals surface area contributed by atoms with E-state index in [0.29, 0.717) is 12.8 Å². The van der Waals surface area contributed by atoms with Crippen LogP contribution >= 0.6 is 0 Å². The van der Waals surface area contributed by atoms with Crippen molar-refractivity contribution in [3.8, 4) is 0 Å². The molecule has 0 saturated carbocycles. The van der Waals surface area contributed by atoms with Gasteiger partial charge in [0.25, 0.3) is 0 Å². The molecule has 0 heterocycles. The maximum Gasteiger partial charge on any atom is 0.161 e. The molecule has 0 amide bonds. The SMILES string of the molecule is CCCC[C@H](O)C(=O)CCC. The van der Waals surface area contributed by atoms with E-state index in [-0.39, 0.29) is 5.78 Å².